The van der Waals surface area contributed by atoms with E-state index < -0.39 is 0 Å². The number of nitriles is 1. The first-order valence-corrected chi connectivity index (χ1v) is 8.19. The first-order valence-electron chi connectivity index (χ1n) is 8.19. The van der Waals surface area contributed by atoms with E-state index in [0.717, 1.165) is 31.4 Å². The van der Waals surface area contributed by atoms with Crippen molar-refractivity contribution >= 4 is 0 Å². The van der Waals surface area contributed by atoms with E-state index in [1.165, 1.54) is 0 Å². The minimum atomic E-state index is -0.243. The fraction of sp³-hybridized carbons (Fsp3) is 0.611. The van der Waals surface area contributed by atoms with Gasteiger partial charge in [0, 0.05) is 6.61 Å². The van der Waals surface area contributed by atoms with E-state index >= 15 is 0 Å². The SMILES string of the molecule is CC[C@@H](C)[C@H](C#N)N(Cc1ccccc1)OC1CCCOC1. The highest BCUT2D eigenvalue weighted by Crippen LogP contribution is 2.21. The Kier molecular flexibility index (Phi) is 6.85. The predicted molar refractivity (Wildman–Crippen MR) is 85.8 cm³/mol. The molecule has 2 rings (SSSR count). The fourth-order valence-corrected chi connectivity index (χ4v) is 2.65. The molecule has 1 aliphatic heterocycles. The standard InChI is InChI=1S/C18H26N2O2/c1-3-15(2)18(12-19)20(13-16-8-5-4-6-9-16)22-17-10-7-11-21-14-17/h4-6,8-9,15,17-18H,3,7,10-11,13-14H2,1-2H3/t15-,17?,18+/m1/s1. The molecule has 1 aromatic rings. The summed E-state index contributed by atoms with van der Waals surface area (Å²) >= 11 is 0. The van der Waals surface area contributed by atoms with E-state index in [0.29, 0.717) is 13.2 Å². The molecule has 1 aliphatic rings. The third-order valence-corrected chi connectivity index (χ3v) is 4.21. The van der Waals surface area contributed by atoms with Crippen LogP contribution in [0.5, 0.6) is 0 Å². The minimum absolute atomic E-state index is 0.0531. The molecular weight excluding hydrogens is 276 g/mol. The third kappa shape index (κ3) is 4.81. The van der Waals surface area contributed by atoms with Crippen LogP contribution in [-0.4, -0.2) is 30.4 Å². The normalized spacial score (nSPS) is 21.3. The lowest BCUT2D eigenvalue weighted by molar-refractivity contribution is -0.244. The number of hydroxylamine groups is 2. The van der Waals surface area contributed by atoms with Crippen molar-refractivity contribution in [3.63, 3.8) is 0 Å². The topological polar surface area (TPSA) is 45.5 Å². The van der Waals surface area contributed by atoms with Crippen LogP contribution >= 0.6 is 0 Å². The summed E-state index contributed by atoms with van der Waals surface area (Å²) in [5.41, 5.74) is 1.16. The summed E-state index contributed by atoms with van der Waals surface area (Å²) < 4.78 is 5.50. The molecule has 4 nitrogen and oxygen atoms in total. The third-order valence-electron chi connectivity index (χ3n) is 4.21. The Balaban J connectivity index is 2.09. The first-order chi connectivity index (χ1) is 10.7. The average molecular weight is 302 g/mol. The maximum absolute atomic E-state index is 9.60. The number of nitrogens with zero attached hydrogens (tertiary/aromatic N) is 2. The van der Waals surface area contributed by atoms with E-state index in [-0.39, 0.29) is 18.1 Å². The highest BCUT2D eigenvalue weighted by molar-refractivity contribution is 5.14. The monoisotopic (exact) mass is 302 g/mol. The van der Waals surface area contributed by atoms with Crippen LogP contribution < -0.4 is 0 Å². The molecule has 1 heterocycles. The van der Waals surface area contributed by atoms with Crippen LogP contribution in [0.1, 0.15) is 38.7 Å². The Hall–Kier alpha value is -1.41. The summed E-state index contributed by atoms with van der Waals surface area (Å²) in [6.45, 7) is 6.27. The summed E-state index contributed by atoms with van der Waals surface area (Å²) in [6.07, 6.45) is 3.01. The maximum atomic E-state index is 9.60. The number of hydrogen-bond donors (Lipinski definition) is 0. The van der Waals surface area contributed by atoms with E-state index in [2.05, 4.69) is 32.0 Å². The van der Waals surface area contributed by atoms with Gasteiger partial charge in [0.1, 0.15) is 12.1 Å². The smallest absolute Gasteiger partial charge is 0.125 e. The molecule has 1 unspecified atom stereocenters. The van der Waals surface area contributed by atoms with Crippen LogP contribution in [-0.2, 0) is 16.1 Å². The summed E-state index contributed by atoms with van der Waals surface area (Å²) in [5.74, 6) is 0.262. The quantitative estimate of drug-likeness (QED) is 0.723. The van der Waals surface area contributed by atoms with E-state index in [4.69, 9.17) is 9.57 Å². The lowest BCUT2D eigenvalue weighted by atomic mass is 9.99. The van der Waals surface area contributed by atoms with Crippen molar-refractivity contribution in [3.8, 4) is 6.07 Å². The Morgan fingerprint density at radius 2 is 2.18 bits per heavy atom. The number of hydrogen-bond acceptors (Lipinski definition) is 4. The molecule has 4 heteroatoms. The molecule has 1 fully saturated rings. The molecule has 120 valence electrons. The zero-order valence-corrected chi connectivity index (χ0v) is 13.6. The first kappa shape index (κ1) is 17.0. The van der Waals surface area contributed by atoms with Gasteiger partial charge in [0.25, 0.3) is 0 Å². The highest BCUT2D eigenvalue weighted by atomic mass is 16.7. The van der Waals surface area contributed by atoms with E-state index in [1.807, 2.05) is 23.3 Å². The van der Waals surface area contributed by atoms with Gasteiger partial charge in [-0.25, -0.2) is 0 Å². The van der Waals surface area contributed by atoms with Gasteiger partial charge in [0.05, 0.1) is 19.2 Å². The number of benzene rings is 1. The molecule has 0 amide bonds. The lowest BCUT2D eigenvalue weighted by Crippen LogP contribution is -2.42. The Morgan fingerprint density at radius 3 is 2.77 bits per heavy atom. The van der Waals surface area contributed by atoms with Crippen LogP contribution in [0.4, 0.5) is 0 Å². The molecular formula is C18H26N2O2. The van der Waals surface area contributed by atoms with Gasteiger partial charge in [-0.2, -0.15) is 10.3 Å². The van der Waals surface area contributed by atoms with Crippen molar-refractivity contribution in [1.82, 2.24) is 5.06 Å². The molecule has 0 bridgehead atoms. The zero-order valence-electron chi connectivity index (χ0n) is 13.6. The van der Waals surface area contributed by atoms with Gasteiger partial charge in [-0.05, 0) is 24.3 Å². The van der Waals surface area contributed by atoms with E-state index in [9.17, 15) is 5.26 Å². The van der Waals surface area contributed by atoms with Gasteiger partial charge in [-0.3, -0.25) is 4.84 Å². The molecule has 3 atom stereocenters. The van der Waals surface area contributed by atoms with Gasteiger partial charge in [0.15, 0.2) is 0 Å². The van der Waals surface area contributed by atoms with Crippen molar-refractivity contribution in [2.24, 2.45) is 5.92 Å². The number of rotatable bonds is 7. The molecule has 1 saturated heterocycles. The predicted octanol–water partition coefficient (Wildman–Crippen LogP) is 3.54. The second-order valence-corrected chi connectivity index (χ2v) is 5.96. The largest absolute Gasteiger partial charge is 0.379 e. The minimum Gasteiger partial charge on any atom is -0.379 e. The van der Waals surface area contributed by atoms with Crippen molar-refractivity contribution in [2.75, 3.05) is 13.2 Å². The maximum Gasteiger partial charge on any atom is 0.125 e. The van der Waals surface area contributed by atoms with Crippen molar-refractivity contribution in [2.45, 2.75) is 51.8 Å². The van der Waals surface area contributed by atoms with Crippen molar-refractivity contribution in [1.29, 1.82) is 5.26 Å². The average Bonchev–Trinajstić information content (AvgIpc) is 2.57. The van der Waals surface area contributed by atoms with Crippen molar-refractivity contribution in [3.05, 3.63) is 35.9 Å². The molecule has 0 N–H and O–H groups in total. The van der Waals surface area contributed by atoms with Crippen LogP contribution in [0.2, 0.25) is 0 Å². The summed E-state index contributed by atoms with van der Waals surface area (Å²) in [4.78, 5) is 6.16. The van der Waals surface area contributed by atoms with Gasteiger partial charge in [-0.15, -0.1) is 0 Å². The Morgan fingerprint density at radius 1 is 1.41 bits per heavy atom. The molecule has 0 radical (unpaired) electrons. The summed E-state index contributed by atoms with van der Waals surface area (Å²) in [6, 6.07) is 12.3. The Labute approximate surface area is 133 Å². The van der Waals surface area contributed by atoms with E-state index in [1.54, 1.807) is 0 Å². The van der Waals surface area contributed by atoms with Crippen molar-refractivity contribution < 1.29 is 9.57 Å². The van der Waals surface area contributed by atoms with Crippen LogP contribution in [0.3, 0.4) is 0 Å². The molecule has 0 aliphatic carbocycles. The second kappa shape index (κ2) is 8.89. The van der Waals surface area contributed by atoms with Crippen LogP contribution in [0.15, 0.2) is 30.3 Å². The molecule has 22 heavy (non-hydrogen) atoms. The summed E-state index contributed by atoms with van der Waals surface area (Å²) in [5, 5.41) is 11.5. The number of ether oxygens (including phenoxy) is 1. The lowest BCUT2D eigenvalue weighted by Gasteiger charge is -2.34. The van der Waals surface area contributed by atoms with Crippen LogP contribution in [0, 0.1) is 17.2 Å². The molecule has 0 saturated carbocycles. The highest BCUT2D eigenvalue weighted by Gasteiger charge is 2.28. The molecule has 0 aromatic heterocycles. The summed E-state index contributed by atoms with van der Waals surface area (Å²) in [7, 11) is 0. The molecule has 0 spiro atoms. The molecule has 1 aromatic carbocycles. The van der Waals surface area contributed by atoms with Gasteiger partial charge in [-0.1, -0.05) is 50.6 Å². The van der Waals surface area contributed by atoms with Gasteiger partial charge < -0.3 is 4.74 Å². The fourth-order valence-electron chi connectivity index (χ4n) is 2.65. The zero-order chi connectivity index (χ0) is 15.8. The van der Waals surface area contributed by atoms with Gasteiger partial charge in [0.2, 0.25) is 0 Å². The van der Waals surface area contributed by atoms with Gasteiger partial charge >= 0.3 is 0 Å². The second-order valence-electron chi connectivity index (χ2n) is 5.96. The Bertz CT molecular complexity index is 466. The van der Waals surface area contributed by atoms with Crippen LogP contribution in [0.25, 0.3) is 0 Å².